The number of benzene rings is 3. The highest BCUT2D eigenvalue weighted by molar-refractivity contribution is 6.05. The van der Waals surface area contributed by atoms with Crippen molar-refractivity contribution < 1.29 is 18.7 Å². The zero-order valence-electron chi connectivity index (χ0n) is 17.4. The molecule has 1 amide bonds. The highest BCUT2D eigenvalue weighted by Crippen LogP contribution is 2.28. The fourth-order valence-electron chi connectivity index (χ4n) is 3.47. The Morgan fingerprint density at radius 1 is 0.871 bits per heavy atom. The molecule has 0 spiro atoms. The van der Waals surface area contributed by atoms with Gasteiger partial charge in [0.2, 0.25) is 0 Å². The lowest BCUT2D eigenvalue weighted by molar-refractivity contribution is 0.102. The molecule has 0 saturated carbocycles. The molecule has 3 aromatic carbocycles. The van der Waals surface area contributed by atoms with Crippen LogP contribution in [-0.2, 0) is 0 Å². The van der Waals surface area contributed by atoms with Gasteiger partial charge in [-0.2, -0.15) is 0 Å². The number of ether oxygens (including phenoxy) is 2. The average molecular weight is 415 g/mol. The molecule has 6 nitrogen and oxygen atoms in total. The number of hydrogen-bond acceptors (Lipinski definition) is 5. The smallest absolute Gasteiger partial charge is 0.349 e. The molecule has 0 bridgehead atoms. The summed E-state index contributed by atoms with van der Waals surface area (Å²) in [6.45, 7) is 1.97. The van der Waals surface area contributed by atoms with Gasteiger partial charge < -0.3 is 19.2 Å². The SMILES string of the molecule is COc1ccc(-c2cccc(NC(=O)c3cc4cccc(OC)c4oc3=O)c2)cc1C. The van der Waals surface area contributed by atoms with Crippen molar-refractivity contribution in [3.8, 4) is 22.6 Å². The standard InChI is InChI=1S/C25H21NO5/c1-15-12-17(10-11-21(15)29-2)16-6-4-8-19(13-16)26-24(27)20-14-18-7-5-9-22(30-3)23(18)31-25(20)28/h4-14H,1-3H3,(H,26,27). The maximum Gasteiger partial charge on any atom is 0.349 e. The Morgan fingerprint density at radius 2 is 1.61 bits per heavy atom. The summed E-state index contributed by atoms with van der Waals surface area (Å²) in [5, 5.41) is 3.39. The normalized spacial score (nSPS) is 10.7. The van der Waals surface area contributed by atoms with Crippen molar-refractivity contribution >= 4 is 22.6 Å². The molecule has 4 aromatic rings. The largest absolute Gasteiger partial charge is 0.496 e. The van der Waals surface area contributed by atoms with Gasteiger partial charge in [-0.1, -0.05) is 30.3 Å². The number of aryl methyl sites for hydroxylation is 1. The van der Waals surface area contributed by atoms with E-state index >= 15 is 0 Å². The van der Waals surface area contributed by atoms with Crippen LogP contribution in [0.2, 0.25) is 0 Å². The van der Waals surface area contributed by atoms with Crippen LogP contribution in [-0.4, -0.2) is 20.1 Å². The number of amides is 1. The van der Waals surface area contributed by atoms with E-state index in [9.17, 15) is 9.59 Å². The van der Waals surface area contributed by atoms with Crippen LogP contribution in [0.3, 0.4) is 0 Å². The Labute approximate surface area is 179 Å². The molecule has 0 radical (unpaired) electrons. The van der Waals surface area contributed by atoms with E-state index in [4.69, 9.17) is 13.9 Å². The van der Waals surface area contributed by atoms with Crippen LogP contribution in [0.25, 0.3) is 22.1 Å². The topological polar surface area (TPSA) is 77.8 Å². The van der Waals surface area contributed by atoms with Crippen LogP contribution in [0.1, 0.15) is 15.9 Å². The lowest BCUT2D eigenvalue weighted by atomic mass is 10.0. The number of hydrogen-bond donors (Lipinski definition) is 1. The van der Waals surface area contributed by atoms with Crippen molar-refractivity contribution in [2.45, 2.75) is 6.92 Å². The predicted octanol–water partition coefficient (Wildman–Crippen LogP) is 5.04. The number of carbonyl (C=O) groups is 1. The summed E-state index contributed by atoms with van der Waals surface area (Å²) < 4.78 is 15.9. The Morgan fingerprint density at radius 3 is 2.35 bits per heavy atom. The summed E-state index contributed by atoms with van der Waals surface area (Å²) in [6.07, 6.45) is 0. The van der Waals surface area contributed by atoms with Crippen LogP contribution >= 0.6 is 0 Å². The van der Waals surface area contributed by atoms with Gasteiger partial charge in [0.15, 0.2) is 11.3 Å². The lowest BCUT2D eigenvalue weighted by Crippen LogP contribution is -2.20. The van der Waals surface area contributed by atoms with E-state index < -0.39 is 11.5 Å². The third-order valence-corrected chi connectivity index (χ3v) is 5.04. The summed E-state index contributed by atoms with van der Waals surface area (Å²) in [5.74, 6) is 0.707. The second-order valence-electron chi connectivity index (χ2n) is 7.05. The molecule has 0 atom stereocenters. The molecular formula is C25H21NO5. The molecule has 0 fully saturated rings. The van der Waals surface area contributed by atoms with E-state index in [0.29, 0.717) is 22.4 Å². The molecule has 1 aromatic heterocycles. The monoisotopic (exact) mass is 415 g/mol. The van der Waals surface area contributed by atoms with Gasteiger partial charge in [0.25, 0.3) is 5.91 Å². The molecule has 1 heterocycles. The maximum atomic E-state index is 12.8. The van der Waals surface area contributed by atoms with Gasteiger partial charge in [0, 0.05) is 11.1 Å². The van der Waals surface area contributed by atoms with Crippen LogP contribution in [0.4, 0.5) is 5.69 Å². The second kappa shape index (κ2) is 8.36. The van der Waals surface area contributed by atoms with Crippen molar-refractivity contribution in [2.24, 2.45) is 0 Å². The summed E-state index contributed by atoms with van der Waals surface area (Å²) in [6, 6.07) is 20.0. The fourth-order valence-corrected chi connectivity index (χ4v) is 3.47. The van der Waals surface area contributed by atoms with Crippen LogP contribution < -0.4 is 20.4 Å². The third-order valence-electron chi connectivity index (χ3n) is 5.04. The van der Waals surface area contributed by atoms with E-state index in [1.165, 1.54) is 13.2 Å². The highest BCUT2D eigenvalue weighted by Gasteiger charge is 2.16. The van der Waals surface area contributed by atoms with Crippen molar-refractivity contribution in [3.63, 3.8) is 0 Å². The molecule has 6 heteroatoms. The van der Waals surface area contributed by atoms with Gasteiger partial charge in [-0.15, -0.1) is 0 Å². The van der Waals surface area contributed by atoms with Crippen molar-refractivity contribution in [2.75, 3.05) is 19.5 Å². The minimum Gasteiger partial charge on any atom is -0.496 e. The summed E-state index contributed by atoms with van der Waals surface area (Å²) >= 11 is 0. The lowest BCUT2D eigenvalue weighted by Gasteiger charge is -2.10. The number of fused-ring (bicyclic) bond motifs is 1. The van der Waals surface area contributed by atoms with E-state index in [2.05, 4.69) is 5.32 Å². The first-order valence-electron chi connectivity index (χ1n) is 9.67. The van der Waals surface area contributed by atoms with Crippen LogP contribution in [0, 0.1) is 6.92 Å². The van der Waals surface area contributed by atoms with Gasteiger partial charge in [-0.05, 0) is 60.0 Å². The molecule has 0 unspecified atom stereocenters. The third kappa shape index (κ3) is 4.00. The summed E-state index contributed by atoms with van der Waals surface area (Å²) in [4.78, 5) is 25.2. The minimum absolute atomic E-state index is 0.0774. The molecular weight excluding hydrogens is 394 g/mol. The second-order valence-corrected chi connectivity index (χ2v) is 7.05. The first-order valence-corrected chi connectivity index (χ1v) is 9.67. The maximum absolute atomic E-state index is 12.8. The Kier molecular flexibility index (Phi) is 5.45. The highest BCUT2D eigenvalue weighted by atomic mass is 16.5. The van der Waals surface area contributed by atoms with Crippen LogP contribution in [0.15, 0.2) is 75.9 Å². The molecule has 4 rings (SSSR count). The van der Waals surface area contributed by atoms with Gasteiger partial charge in [0.1, 0.15) is 11.3 Å². The predicted molar refractivity (Wildman–Crippen MR) is 120 cm³/mol. The quantitative estimate of drug-likeness (QED) is 0.462. The van der Waals surface area contributed by atoms with E-state index in [1.807, 2.05) is 43.3 Å². The minimum atomic E-state index is -0.726. The number of para-hydroxylation sites is 1. The number of carbonyl (C=O) groups excluding carboxylic acids is 1. The Bertz CT molecular complexity index is 1340. The molecule has 0 saturated heterocycles. The molecule has 0 aliphatic carbocycles. The number of nitrogens with one attached hydrogen (secondary N) is 1. The molecule has 156 valence electrons. The van der Waals surface area contributed by atoms with E-state index in [0.717, 1.165) is 22.4 Å². The van der Waals surface area contributed by atoms with E-state index in [-0.39, 0.29) is 5.56 Å². The summed E-state index contributed by atoms with van der Waals surface area (Å²) in [5.41, 5.74) is 3.01. The molecule has 1 N–H and O–H groups in total. The van der Waals surface area contributed by atoms with Gasteiger partial charge in [0.05, 0.1) is 14.2 Å². The number of anilines is 1. The first kappa shape index (κ1) is 20.2. The van der Waals surface area contributed by atoms with Crippen LogP contribution in [0.5, 0.6) is 11.5 Å². The van der Waals surface area contributed by atoms with E-state index in [1.54, 1.807) is 31.4 Å². The Balaban J connectivity index is 1.64. The van der Waals surface area contributed by atoms with Crippen molar-refractivity contribution in [3.05, 3.63) is 88.3 Å². The van der Waals surface area contributed by atoms with Gasteiger partial charge >= 0.3 is 5.63 Å². The van der Waals surface area contributed by atoms with Gasteiger partial charge in [-0.25, -0.2) is 4.79 Å². The first-order chi connectivity index (χ1) is 15.0. The average Bonchev–Trinajstić information content (AvgIpc) is 2.78. The molecule has 31 heavy (non-hydrogen) atoms. The number of rotatable bonds is 5. The fraction of sp³-hybridized carbons (Fsp3) is 0.120. The van der Waals surface area contributed by atoms with Gasteiger partial charge in [-0.3, -0.25) is 4.79 Å². The van der Waals surface area contributed by atoms with Crippen molar-refractivity contribution in [1.29, 1.82) is 0 Å². The molecule has 0 aliphatic heterocycles. The van der Waals surface area contributed by atoms with Crippen molar-refractivity contribution in [1.82, 2.24) is 0 Å². The zero-order valence-corrected chi connectivity index (χ0v) is 17.4. The zero-order chi connectivity index (χ0) is 22.0. The molecule has 0 aliphatic rings. The Hall–Kier alpha value is -4.06. The summed E-state index contributed by atoms with van der Waals surface area (Å²) in [7, 11) is 3.13. The number of methoxy groups -OCH3 is 2.